The van der Waals surface area contributed by atoms with E-state index in [0.717, 1.165) is 29.3 Å². The topological polar surface area (TPSA) is 55.1 Å². The van der Waals surface area contributed by atoms with Crippen molar-refractivity contribution in [2.45, 2.75) is 39.2 Å². The number of halogens is 1. The van der Waals surface area contributed by atoms with Gasteiger partial charge >= 0.3 is 0 Å². The van der Waals surface area contributed by atoms with E-state index in [4.69, 9.17) is 17.3 Å². The minimum absolute atomic E-state index is 0.0972. The highest BCUT2D eigenvalue weighted by Crippen LogP contribution is 2.37. The number of hydrogen-bond donors (Lipinski definition) is 2. The molecular formula is C15H19ClN2OS. The highest BCUT2D eigenvalue weighted by molar-refractivity contribution is 7.21. The van der Waals surface area contributed by atoms with E-state index in [2.05, 4.69) is 19.2 Å². The first-order chi connectivity index (χ1) is 9.58. The standard InChI is InChI=1S/C15H19ClN2OS/c1-3-6-9(4-2)18-15(19)14-13(17)12-10(16)7-5-8-11(12)20-14/h5,7-9H,3-4,6,17H2,1-2H3,(H,18,19). The Hall–Kier alpha value is -1.26. The molecule has 0 spiro atoms. The van der Waals surface area contributed by atoms with Crippen molar-refractivity contribution in [2.24, 2.45) is 0 Å². The summed E-state index contributed by atoms with van der Waals surface area (Å²) in [6.45, 7) is 4.19. The summed E-state index contributed by atoms with van der Waals surface area (Å²) >= 11 is 7.55. The van der Waals surface area contributed by atoms with Crippen LogP contribution in [0.25, 0.3) is 10.1 Å². The number of nitrogens with two attached hydrogens (primary N) is 1. The molecule has 0 aliphatic rings. The number of rotatable bonds is 5. The third-order valence-electron chi connectivity index (χ3n) is 3.37. The van der Waals surface area contributed by atoms with Crippen LogP contribution in [0.3, 0.4) is 0 Å². The SMILES string of the molecule is CCCC(CC)NC(=O)c1sc2cccc(Cl)c2c1N. The molecule has 0 aliphatic carbocycles. The number of thiophene rings is 1. The quantitative estimate of drug-likeness (QED) is 0.857. The van der Waals surface area contributed by atoms with Gasteiger partial charge in [-0.3, -0.25) is 4.79 Å². The second kappa shape index (κ2) is 6.46. The van der Waals surface area contributed by atoms with E-state index in [1.165, 1.54) is 11.3 Å². The summed E-state index contributed by atoms with van der Waals surface area (Å²) in [6, 6.07) is 5.80. The first-order valence-electron chi connectivity index (χ1n) is 6.85. The van der Waals surface area contributed by atoms with Gasteiger partial charge in [0, 0.05) is 16.1 Å². The third kappa shape index (κ3) is 2.91. The molecule has 5 heteroatoms. The Kier molecular flexibility index (Phi) is 4.89. The van der Waals surface area contributed by atoms with Crippen LogP contribution in [0.4, 0.5) is 5.69 Å². The van der Waals surface area contributed by atoms with Crippen molar-refractivity contribution in [1.29, 1.82) is 0 Å². The van der Waals surface area contributed by atoms with Crippen LogP contribution < -0.4 is 11.1 Å². The first-order valence-corrected chi connectivity index (χ1v) is 8.05. The molecule has 0 saturated heterocycles. The molecule has 3 nitrogen and oxygen atoms in total. The average Bonchev–Trinajstić information content (AvgIpc) is 2.77. The average molecular weight is 311 g/mol. The lowest BCUT2D eigenvalue weighted by Gasteiger charge is -2.15. The normalized spacial score (nSPS) is 12.6. The molecule has 0 radical (unpaired) electrons. The van der Waals surface area contributed by atoms with E-state index in [-0.39, 0.29) is 11.9 Å². The summed E-state index contributed by atoms with van der Waals surface area (Å²) in [5, 5.41) is 4.43. The molecule has 0 saturated carbocycles. The lowest BCUT2D eigenvalue weighted by atomic mass is 10.1. The van der Waals surface area contributed by atoms with Gasteiger partial charge in [-0.2, -0.15) is 0 Å². The molecule has 1 unspecified atom stereocenters. The van der Waals surface area contributed by atoms with Crippen molar-refractivity contribution in [2.75, 3.05) is 5.73 Å². The second-order valence-electron chi connectivity index (χ2n) is 4.83. The Bertz CT molecular complexity index is 624. The molecule has 1 atom stereocenters. The van der Waals surface area contributed by atoms with Crippen LogP contribution in [0.5, 0.6) is 0 Å². The van der Waals surface area contributed by atoms with Gasteiger partial charge in [-0.05, 0) is 25.0 Å². The Morgan fingerprint density at radius 3 is 2.80 bits per heavy atom. The van der Waals surface area contributed by atoms with Gasteiger partial charge in [0.25, 0.3) is 5.91 Å². The predicted octanol–water partition coefficient (Wildman–Crippen LogP) is 4.45. The number of carbonyl (C=O) groups is 1. The molecule has 1 heterocycles. The van der Waals surface area contributed by atoms with Crippen LogP contribution in [0.1, 0.15) is 42.8 Å². The fourth-order valence-corrected chi connectivity index (χ4v) is 3.66. The predicted molar refractivity (Wildman–Crippen MR) is 87.7 cm³/mol. The van der Waals surface area contributed by atoms with E-state index < -0.39 is 0 Å². The number of hydrogen-bond acceptors (Lipinski definition) is 3. The summed E-state index contributed by atoms with van der Waals surface area (Å²) in [6.07, 6.45) is 2.95. The Morgan fingerprint density at radius 1 is 1.45 bits per heavy atom. The Labute approximate surface area is 128 Å². The second-order valence-corrected chi connectivity index (χ2v) is 6.28. The van der Waals surface area contributed by atoms with Crippen LogP contribution in [-0.2, 0) is 0 Å². The van der Waals surface area contributed by atoms with Crippen LogP contribution in [0.15, 0.2) is 18.2 Å². The van der Waals surface area contributed by atoms with E-state index in [0.29, 0.717) is 15.6 Å². The minimum atomic E-state index is -0.0972. The van der Waals surface area contributed by atoms with Crippen molar-refractivity contribution >= 4 is 44.6 Å². The van der Waals surface area contributed by atoms with Crippen molar-refractivity contribution in [1.82, 2.24) is 5.32 Å². The van der Waals surface area contributed by atoms with Crippen LogP contribution in [0, 0.1) is 0 Å². The maximum absolute atomic E-state index is 12.4. The zero-order valence-corrected chi connectivity index (χ0v) is 13.3. The van der Waals surface area contributed by atoms with Crippen LogP contribution in [0.2, 0.25) is 5.02 Å². The largest absolute Gasteiger partial charge is 0.397 e. The molecule has 1 aromatic heterocycles. The Balaban J connectivity index is 2.31. The number of benzene rings is 1. The summed E-state index contributed by atoms with van der Waals surface area (Å²) in [7, 11) is 0. The molecule has 3 N–H and O–H groups in total. The van der Waals surface area contributed by atoms with Gasteiger partial charge in [-0.25, -0.2) is 0 Å². The maximum Gasteiger partial charge on any atom is 0.263 e. The zero-order valence-electron chi connectivity index (χ0n) is 11.7. The summed E-state index contributed by atoms with van der Waals surface area (Å²) in [5.41, 5.74) is 6.58. The monoisotopic (exact) mass is 310 g/mol. The minimum Gasteiger partial charge on any atom is -0.397 e. The highest BCUT2D eigenvalue weighted by Gasteiger charge is 2.19. The number of carbonyl (C=O) groups excluding carboxylic acids is 1. The molecule has 0 fully saturated rings. The lowest BCUT2D eigenvalue weighted by molar-refractivity contribution is 0.0938. The number of fused-ring (bicyclic) bond motifs is 1. The van der Waals surface area contributed by atoms with Gasteiger partial charge in [0.15, 0.2) is 0 Å². The molecule has 0 bridgehead atoms. The van der Waals surface area contributed by atoms with E-state index >= 15 is 0 Å². The van der Waals surface area contributed by atoms with Crippen molar-refractivity contribution in [3.8, 4) is 0 Å². The van der Waals surface area contributed by atoms with Gasteiger partial charge in [-0.1, -0.05) is 37.9 Å². The number of amides is 1. The molecule has 1 amide bonds. The molecule has 0 aliphatic heterocycles. The summed E-state index contributed by atoms with van der Waals surface area (Å²) in [4.78, 5) is 12.9. The number of nitrogens with one attached hydrogen (secondary N) is 1. The van der Waals surface area contributed by atoms with Gasteiger partial charge in [0.1, 0.15) is 4.88 Å². The van der Waals surface area contributed by atoms with Crippen LogP contribution >= 0.6 is 22.9 Å². The van der Waals surface area contributed by atoms with Gasteiger partial charge < -0.3 is 11.1 Å². The summed E-state index contributed by atoms with van der Waals surface area (Å²) < 4.78 is 0.948. The van der Waals surface area contributed by atoms with E-state index in [1.807, 2.05) is 12.1 Å². The zero-order chi connectivity index (χ0) is 14.7. The van der Waals surface area contributed by atoms with Gasteiger partial charge in [-0.15, -0.1) is 11.3 Å². The maximum atomic E-state index is 12.4. The smallest absolute Gasteiger partial charge is 0.263 e. The summed E-state index contributed by atoms with van der Waals surface area (Å²) in [5.74, 6) is -0.0972. The number of anilines is 1. The molecule has 1 aromatic carbocycles. The van der Waals surface area contributed by atoms with Gasteiger partial charge in [0.2, 0.25) is 0 Å². The van der Waals surface area contributed by atoms with Crippen LogP contribution in [-0.4, -0.2) is 11.9 Å². The van der Waals surface area contributed by atoms with E-state index in [1.54, 1.807) is 6.07 Å². The Morgan fingerprint density at radius 2 is 2.20 bits per heavy atom. The van der Waals surface area contributed by atoms with Crippen molar-refractivity contribution in [3.63, 3.8) is 0 Å². The molecule has 2 rings (SSSR count). The number of nitrogen functional groups attached to an aromatic ring is 1. The highest BCUT2D eigenvalue weighted by atomic mass is 35.5. The molecular weight excluding hydrogens is 292 g/mol. The fraction of sp³-hybridized carbons (Fsp3) is 0.400. The van der Waals surface area contributed by atoms with Gasteiger partial charge in [0.05, 0.1) is 10.7 Å². The molecule has 108 valence electrons. The third-order valence-corrected chi connectivity index (χ3v) is 4.86. The lowest BCUT2D eigenvalue weighted by Crippen LogP contribution is -2.34. The molecule has 20 heavy (non-hydrogen) atoms. The van der Waals surface area contributed by atoms with Crippen molar-refractivity contribution in [3.05, 3.63) is 28.1 Å². The fourth-order valence-electron chi connectivity index (χ4n) is 2.28. The van der Waals surface area contributed by atoms with E-state index in [9.17, 15) is 4.79 Å². The first kappa shape index (κ1) is 15.1. The van der Waals surface area contributed by atoms with Crippen molar-refractivity contribution < 1.29 is 4.79 Å². The molecule has 2 aromatic rings.